The minimum Gasteiger partial charge on any atom is -0.330 e. The molecule has 1 unspecified atom stereocenters. The lowest BCUT2D eigenvalue weighted by atomic mass is 10.2. The summed E-state index contributed by atoms with van der Waals surface area (Å²) in [6.45, 7) is 0.781. The molecule has 0 spiro atoms. The van der Waals surface area contributed by atoms with Gasteiger partial charge in [-0.2, -0.15) is 0 Å². The van der Waals surface area contributed by atoms with Crippen molar-refractivity contribution in [3.63, 3.8) is 0 Å². The molecule has 1 amide bonds. The number of carbonyl (C=O) groups excluding carboxylic acids is 1. The quantitative estimate of drug-likeness (QED) is 0.446. The van der Waals surface area contributed by atoms with E-state index >= 15 is 0 Å². The first-order chi connectivity index (χ1) is 13.3. The van der Waals surface area contributed by atoms with Gasteiger partial charge in [0.25, 0.3) is 0 Å². The van der Waals surface area contributed by atoms with E-state index in [2.05, 4.69) is 17.1 Å². The van der Waals surface area contributed by atoms with Crippen molar-refractivity contribution in [2.75, 3.05) is 6.54 Å². The van der Waals surface area contributed by atoms with Gasteiger partial charge in [-0.1, -0.05) is 24.3 Å². The van der Waals surface area contributed by atoms with Crippen molar-refractivity contribution < 1.29 is 4.79 Å². The number of aromatic nitrogens is 2. The Kier molecular flexibility index (Phi) is 4.22. The molecule has 0 bridgehead atoms. The van der Waals surface area contributed by atoms with E-state index in [1.165, 1.54) is 4.70 Å². The molecule has 1 aliphatic heterocycles. The summed E-state index contributed by atoms with van der Waals surface area (Å²) < 4.78 is 2.31. The van der Waals surface area contributed by atoms with Gasteiger partial charge in [-0.3, -0.25) is 4.79 Å². The van der Waals surface area contributed by atoms with E-state index in [1.54, 1.807) is 28.7 Å². The lowest BCUT2D eigenvalue weighted by molar-refractivity contribution is -0.126. The van der Waals surface area contributed by atoms with Gasteiger partial charge >= 0.3 is 0 Å². The fourth-order valence-electron chi connectivity index (χ4n) is 3.52. The van der Waals surface area contributed by atoms with Gasteiger partial charge in [-0.05, 0) is 43.2 Å². The molecule has 2 aromatic heterocycles. The molecule has 27 heavy (non-hydrogen) atoms. The van der Waals surface area contributed by atoms with E-state index in [1.807, 2.05) is 47.4 Å². The van der Waals surface area contributed by atoms with Crippen molar-refractivity contribution in [1.82, 2.24) is 14.9 Å². The van der Waals surface area contributed by atoms with Gasteiger partial charge in [0, 0.05) is 12.6 Å². The Bertz CT molecular complexity index is 1090. The largest absolute Gasteiger partial charge is 0.330 e. The minimum atomic E-state index is 0.0380. The highest BCUT2D eigenvalue weighted by Gasteiger charge is 2.31. The number of hydrogen-bond donors (Lipinski definition) is 0. The zero-order valence-electron chi connectivity index (χ0n) is 14.5. The molecule has 134 valence electrons. The first-order valence-corrected chi connectivity index (χ1v) is 10.6. The number of amides is 1. The summed E-state index contributed by atoms with van der Waals surface area (Å²) in [6, 6.07) is 16.3. The molecule has 2 aromatic carbocycles. The van der Waals surface area contributed by atoms with E-state index in [0.29, 0.717) is 0 Å². The highest BCUT2D eigenvalue weighted by Crippen LogP contribution is 2.36. The predicted octanol–water partition coefficient (Wildman–Crippen LogP) is 5.28. The van der Waals surface area contributed by atoms with Crippen molar-refractivity contribution in [3.8, 4) is 0 Å². The van der Waals surface area contributed by atoms with Crippen LogP contribution in [-0.4, -0.2) is 27.3 Å². The topological polar surface area (TPSA) is 46.1 Å². The number of hydrogen-bond acceptors (Lipinski definition) is 5. The lowest BCUT2D eigenvalue weighted by Gasteiger charge is -2.21. The van der Waals surface area contributed by atoms with Gasteiger partial charge in [-0.15, -0.1) is 22.7 Å². The van der Waals surface area contributed by atoms with E-state index in [4.69, 9.17) is 4.98 Å². The Morgan fingerprint density at radius 2 is 1.70 bits per heavy atom. The maximum absolute atomic E-state index is 12.8. The van der Waals surface area contributed by atoms with Crippen molar-refractivity contribution in [3.05, 3.63) is 64.6 Å². The van der Waals surface area contributed by atoms with Gasteiger partial charge in [0.05, 0.1) is 26.5 Å². The highest BCUT2D eigenvalue weighted by atomic mass is 32.1. The maximum atomic E-state index is 12.8. The highest BCUT2D eigenvalue weighted by molar-refractivity contribution is 7.19. The van der Waals surface area contributed by atoms with Crippen LogP contribution in [0.3, 0.4) is 0 Å². The van der Waals surface area contributed by atoms with Crippen LogP contribution in [0.1, 0.15) is 28.9 Å². The molecule has 0 N–H and O–H groups in total. The van der Waals surface area contributed by atoms with Crippen LogP contribution in [0.2, 0.25) is 0 Å². The van der Waals surface area contributed by atoms with Crippen LogP contribution in [0.15, 0.2) is 54.6 Å². The molecule has 1 saturated heterocycles. The SMILES string of the molecule is O=C(/C=C/c1nc2ccccc2s1)N1CCCC1c1nc2ccccc2s1. The summed E-state index contributed by atoms with van der Waals surface area (Å²) in [5.41, 5.74) is 1.99. The van der Waals surface area contributed by atoms with Crippen molar-refractivity contribution in [1.29, 1.82) is 0 Å². The van der Waals surface area contributed by atoms with E-state index < -0.39 is 0 Å². The third-order valence-corrected chi connectivity index (χ3v) is 6.95. The normalized spacial score (nSPS) is 17.5. The second-order valence-electron chi connectivity index (χ2n) is 6.56. The molecule has 0 saturated carbocycles. The van der Waals surface area contributed by atoms with Crippen LogP contribution in [-0.2, 0) is 4.79 Å². The third kappa shape index (κ3) is 3.15. The number of carbonyl (C=O) groups is 1. The number of nitrogens with zero attached hydrogens (tertiary/aromatic N) is 3. The van der Waals surface area contributed by atoms with Crippen LogP contribution in [0, 0.1) is 0 Å². The van der Waals surface area contributed by atoms with Crippen LogP contribution in [0.4, 0.5) is 0 Å². The standard InChI is InChI=1S/C21H17N3OS2/c25-20(12-11-19-22-14-6-1-3-9-17(14)26-19)24-13-5-8-16(24)21-23-15-7-2-4-10-18(15)27-21/h1-4,6-7,9-12,16H,5,8,13H2/b12-11+. The van der Waals surface area contributed by atoms with Crippen molar-refractivity contribution in [2.45, 2.75) is 18.9 Å². The number of fused-ring (bicyclic) bond motifs is 2. The summed E-state index contributed by atoms with van der Waals surface area (Å²) in [4.78, 5) is 24.1. The van der Waals surface area contributed by atoms with Crippen molar-refractivity contribution in [2.24, 2.45) is 0 Å². The number of rotatable bonds is 3. The average molecular weight is 392 g/mol. The first-order valence-electron chi connectivity index (χ1n) is 8.98. The second kappa shape index (κ2) is 6.87. The Hall–Kier alpha value is -2.57. The number of likely N-dealkylation sites (tertiary alicyclic amines) is 1. The second-order valence-corrected chi connectivity index (χ2v) is 8.69. The zero-order chi connectivity index (χ0) is 18.2. The van der Waals surface area contributed by atoms with E-state index in [9.17, 15) is 4.79 Å². The van der Waals surface area contributed by atoms with Crippen LogP contribution < -0.4 is 0 Å². The third-order valence-electron chi connectivity index (χ3n) is 4.81. The summed E-state index contributed by atoms with van der Waals surface area (Å²) >= 11 is 3.30. The monoisotopic (exact) mass is 391 g/mol. The number of thiazole rings is 2. The van der Waals surface area contributed by atoms with Crippen LogP contribution >= 0.6 is 22.7 Å². The number of benzene rings is 2. The predicted molar refractivity (Wildman–Crippen MR) is 112 cm³/mol. The summed E-state index contributed by atoms with van der Waals surface area (Å²) in [6.07, 6.45) is 5.48. The Labute approximate surface area is 164 Å². The molecule has 5 rings (SSSR count). The van der Waals surface area contributed by atoms with Gasteiger partial charge < -0.3 is 4.90 Å². The summed E-state index contributed by atoms with van der Waals surface area (Å²) in [5.74, 6) is 0.0380. The summed E-state index contributed by atoms with van der Waals surface area (Å²) in [5, 5.41) is 1.90. The first kappa shape index (κ1) is 16.6. The molecule has 3 heterocycles. The van der Waals surface area contributed by atoms with Gasteiger partial charge in [0.2, 0.25) is 5.91 Å². The molecule has 4 aromatic rings. The van der Waals surface area contributed by atoms with E-state index in [0.717, 1.165) is 45.1 Å². The Morgan fingerprint density at radius 1 is 1.00 bits per heavy atom. The minimum absolute atomic E-state index is 0.0380. The molecule has 1 atom stereocenters. The number of para-hydroxylation sites is 2. The fourth-order valence-corrected chi connectivity index (χ4v) is 5.50. The van der Waals surface area contributed by atoms with Gasteiger partial charge in [0.15, 0.2) is 0 Å². The molecule has 4 nitrogen and oxygen atoms in total. The molecule has 0 radical (unpaired) electrons. The molecule has 6 heteroatoms. The molecule has 1 aliphatic rings. The van der Waals surface area contributed by atoms with E-state index in [-0.39, 0.29) is 11.9 Å². The van der Waals surface area contributed by atoms with Crippen LogP contribution in [0.25, 0.3) is 26.5 Å². The van der Waals surface area contributed by atoms with Crippen LogP contribution in [0.5, 0.6) is 0 Å². The lowest BCUT2D eigenvalue weighted by Crippen LogP contribution is -2.28. The van der Waals surface area contributed by atoms with Gasteiger partial charge in [0.1, 0.15) is 10.0 Å². The Balaban J connectivity index is 1.38. The average Bonchev–Trinajstić information content (AvgIpc) is 3.42. The molecule has 1 fully saturated rings. The van der Waals surface area contributed by atoms with Crippen molar-refractivity contribution >= 4 is 55.1 Å². The summed E-state index contributed by atoms with van der Waals surface area (Å²) in [7, 11) is 0. The van der Waals surface area contributed by atoms with Gasteiger partial charge in [-0.25, -0.2) is 9.97 Å². The smallest absolute Gasteiger partial charge is 0.247 e. The Morgan fingerprint density at radius 3 is 2.44 bits per heavy atom. The zero-order valence-corrected chi connectivity index (χ0v) is 16.2. The fraction of sp³-hybridized carbons (Fsp3) is 0.190. The molecular weight excluding hydrogens is 374 g/mol. The molecule has 0 aliphatic carbocycles. The maximum Gasteiger partial charge on any atom is 0.247 e. The molecular formula is C21H17N3OS2.